The van der Waals surface area contributed by atoms with Crippen molar-refractivity contribution in [2.45, 2.75) is 19.4 Å². The second-order valence-electron chi connectivity index (χ2n) is 2.08. The fourth-order valence-corrected chi connectivity index (χ4v) is 0.683. The van der Waals surface area contributed by atoms with Crippen LogP contribution in [0.15, 0.2) is 12.2 Å². The van der Waals surface area contributed by atoms with Gasteiger partial charge in [0.1, 0.15) is 0 Å². The Morgan fingerprint density at radius 3 is 2.44 bits per heavy atom. The van der Waals surface area contributed by atoms with Gasteiger partial charge in [0, 0.05) is 20.1 Å². The SMILES string of the molecule is C=C(C)C(CCO)OC. The third kappa shape index (κ3) is 3.27. The Balaban J connectivity index is 3.54. The van der Waals surface area contributed by atoms with Gasteiger partial charge in [-0.25, -0.2) is 0 Å². The molecule has 0 aromatic heterocycles. The lowest BCUT2D eigenvalue weighted by molar-refractivity contribution is 0.104. The molecule has 0 bridgehead atoms. The summed E-state index contributed by atoms with van der Waals surface area (Å²) in [6.45, 7) is 5.76. The summed E-state index contributed by atoms with van der Waals surface area (Å²) in [6, 6.07) is 0. The Kier molecular flexibility index (Phi) is 4.36. The van der Waals surface area contributed by atoms with E-state index < -0.39 is 0 Å². The molecule has 0 aromatic rings. The minimum atomic E-state index is 0.0231. The van der Waals surface area contributed by atoms with Crippen LogP contribution in [0.5, 0.6) is 0 Å². The molecule has 0 amide bonds. The molecule has 0 saturated heterocycles. The second-order valence-corrected chi connectivity index (χ2v) is 2.08. The lowest BCUT2D eigenvalue weighted by Crippen LogP contribution is -2.12. The molecule has 0 aromatic carbocycles. The Labute approximate surface area is 56.1 Å². The molecule has 1 N–H and O–H groups in total. The normalized spacial score (nSPS) is 13.2. The molecule has 1 atom stereocenters. The smallest absolute Gasteiger partial charge is 0.0797 e. The summed E-state index contributed by atoms with van der Waals surface area (Å²) in [7, 11) is 1.62. The third-order valence-corrected chi connectivity index (χ3v) is 1.23. The highest BCUT2D eigenvalue weighted by Crippen LogP contribution is 2.05. The van der Waals surface area contributed by atoms with Crippen LogP contribution in [-0.2, 0) is 4.74 Å². The summed E-state index contributed by atoms with van der Waals surface area (Å²) < 4.78 is 4.99. The molecule has 9 heavy (non-hydrogen) atoms. The van der Waals surface area contributed by atoms with Gasteiger partial charge in [-0.1, -0.05) is 12.2 Å². The molecule has 1 unspecified atom stereocenters. The maximum absolute atomic E-state index is 8.50. The van der Waals surface area contributed by atoms with Crippen LogP contribution in [-0.4, -0.2) is 24.9 Å². The third-order valence-electron chi connectivity index (χ3n) is 1.23. The van der Waals surface area contributed by atoms with Crippen molar-refractivity contribution in [3.05, 3.63) is 12.2 Å². The van der Waals surface area contributed by atoms with Crippen molar-refractivity contribution >= 4 is 0 Å². The van der Waals surface area contributed by atoms with Crippen molar-refractivity contribution in [2.24, 2.45) is 0 Å². The zero-order chi connectivity index (χ0) is 7.28. The highest BCUT2D eigenvalue weighted by atomic mass is 16.5. The predicted octanol–water partition coefficient (Wildman–Crippen LogP) is 0.960. The van der Waals surface area contributed by atoms with Crippen LogP contribution in [0.4, 0.5) is 0 Å². The number of aliphatic hydroxyl groups is 1. The van der Waals surface area contributed by atoms with Crippen LogP contribution >= 0.6 is 0 Å². The molecular weight excluding hydrogens is 116 g/mol. The van der Waals surface area contributed by atoms with Gasteiger partial charge in [0.25, 0.3) is 0 Å². The summed E-state index contributed by atoms with van der Waals surface area (Å²) in [4.78, 5) is 0. The summed E-state index contributed by atoms with van der Waals surface area (Å²) >= 11 is 0. The summed E-state index contributed by atoms with van der Waals surface area (Å²) in [5.74, 6) is 0. The Hall–Kier alpha value is -0.340. The van der Waals surface area contributed by atoms with Crippen LogP contribution in [0.25, 0.3) is 0 Å². The lowest BCUT2D eigenvalue weighted by Gasteiger charge is -2.12. The van der Waals surface area contributed by atoms with Gasteiger partial charge in [-0.15, -0.1) is 0 Å². The minimum absolute atomic E-state index is 0.0231. The molecule has 2 heteroatoms. The molecule has 0 rings (SSSR count). The maximum atomic E-state index is 8.50. The van der Waals surface area contributed by atoms with Crippen molar-refractivity contribution in [1.29, 1.82) is 0 Å². The zero-order valence-corrected chi connectivity index (χ0v) is 6.05. The Bertz CT molecular complexity index is 88.9. The molecule has 0 aliphatic heterocycles. The van der Waals surface area contributed by atoms with Crippen LogP contribution in [0.1, 0.15) is 13.3 Å². The van der Waals surface area contributed by atoms with E-state index in [4.69, 9.17) is 9.84 Å². The molecule has 0 saturated carbocycles. The van der Waals surface area contributed by atoms with Gasteiger partial charge >= 0.3 is 0 Å². The topological polar surface area (TPSA) is 29.5 Å². The number of aliphatic hydroxyl groups excluding tert-OH is 1. The Morgan fingerprint density at radius 1 is 1.78 bits per heavy atom. The average molecular weight is 130 g/mol. The van der Waals surface area contributed by atoms with Crippen molar-refractivity contribution in [3.63, 3.8) is 0 Å². The van der Waals surface area contributed by atoms with Crippen molar-refractivity contribution < 1.29 is 9.84 Å². The molecule has 0 radical (unpaired) electrons. The summed E-state index contributed by atoms with van der Waals surface area (Å²) in [5, 5.41) is 8.50. The maximum Gasteiger partial charge on any atom is 0.0797 e. The Morgan fingerprint density at radius 2 is 2.33 bits per heavy atom. The largest absolute Gasteiger partial charge is 0.396 e. The number of hydrogen-bond acceptors (Lipinski definition) is 2. The van der Waals surface area contributed by atoms with Gasteiger partial charge < -0.3 is 9.84 Å². The van der Waals surface area contributed by atoms with E-state index in [0.29, 0.717) is 6.42 Å². The van der Waals surface area contributed by atoms with E-state index in [2.05, 4.69) is 6.58 Å². The van der Waals surface area contributed by atoms with E-state index in [1.165, 1.54) is 0 Å². The zero-order valence-electron chi connectivity index (χ0n) is 6.05. The first kappa shape index (κ1) is 8.66. The second kappa shape index (κ2) is 4.53. The predicted molar refractivity (Wildman–Crippen MR) is 37.3 cm³/mol. The molecule has 54 valence electrons. The number of rotatable bonds is 4. The standard InChI is InChI=1S/C7H14O2/c1-6(2)7(9-3)4-5-8/h7-8H,1,4-5H2,2-3H3. The molecule has 0 aliphatic carbocycles. The molecule has 0 fully saturated rings. The highest BCUT2D eigenvalue weighted by Gasteiger charge is 2.04. The molecule has 2 nitrogen and oxygen atoms in total. The van der Waals surface area contributed by atoms with E-state index in [-0.39, 0.29) is 12.7 Å². The molecule has 0 heterocycles. The molecular formula is C7H14O2. The van der Waals surface area contributed by atoms with Gasteiger partial charge in [0.2, 0.25) is 0 Å². The van der Waals surface area contributed by atoms with E-state index in [9.17, 15) is 0 Å². The van der Waals surface area contributed by atoms with E-state index in [0.717, 1.165) is 5.57 Å². The number of ether oxygens (including phenoxy) is 1. The monoisotopic (exact) mass is 130 g/mol. The first-order valence-corrected chi connectivity index (χ1v) is 3.01. The van der Waals surface area contributed by atoms with Gasteiger partial charge in [-0.05, 0) is 6.92 Å². The molecule has 0 aliphatic rings. The van der Waals surface area contributed by atoms with E-state index >= 15 is 0 Å². The van der Waals surface area contributed by atoms with Crippen molar-refractivity contribution in [3.8, 4) is 0 Å². The van der Waals surface area contributed by atoms with E-state index in [1.807, 2.05) is 6.92 Å². The fourth-order valence-electron chi connectivity index (χ4n) is 0.683. The van der Waals surface area contributed by atoms with Gasteiger partial charge in [0.15, 0.2) is 0 Å². The summed E-state index contributed by atoms with van der Waals surface area (Å²) in [5.41, 5.74) is 0.964. The van der Waals surface area contributed by atoms with E-state index in [1.54, 1.807) is 7.11 Å². The fraction of sp³-hybridized carbons (Fsp3) is 0.714. The van der Waals surface area contributed by atoms with Crippen LogP contribution in [0.3, 0.4) is 0 Å². The quantitative estimate of drug-likeness (QED) is 0.574. The van der Waals surface area contributed by atoms with Gasteiger partial charge in [-0.2, -0.15) is 0 Å². The summed E-state index contributed by atoms with van der Waals surface area (Å²) in [6.07, 6.45) is 0.668. The minimum Gasteiger partial charge on any atom is -0.396 e. The van der Waals surface area contributed by atoms with Crippen molar-refractivity contribution in [2.75, 3.05) is 13.7 Å². The highest BCUT2D eigenvalue weighted by molar-refractivity contribution is 4.97. The molecule has 0 spiro atoms. The van der Waals surface area contributed by atoms with Crippen molar-refractivity contribution in [1.82, 2.24) is 0 Å². The first-order valence-electron chi connectivity index (χ1n) is 3.01. The van der Waals surface area contributed by atoms with Gasteiger partial charge in [-0.3, -0.25) is 0 Å². The van der Waals surface area contributed by atoms with Crippen LogP contribution < -0.4 is 0 Å². The van der Waals surface area contributed by atoms with Crippen LogP contribution in [0, 0.1) is 0 Å². The first-order chi connectivity index (χ1) is 4.22. The average Bonchev–Trinajstić information content (AvgIpc) is 1.82. The lowest BCUT2D eigenvalue weighted by atomic mass is 10.1. The van der Waals surface area contributed by atoms with Crippen LogP contribution in [0.2, 0.25) is 0 Å². The van der Waals surface area contributed by atoms with Gasteiger partial charge in [0.05, 0.1) is 6.10 Å². The number of methoxy groups -OCH3 is 1. The number of hydrogen-bond donors (Lipinski definition) is 1.